The lowest BCUT2D eigenvalue weighted by atomic mass is 10.1. The molecule has 0 aliphatic rings. The van der Waals surface area contributed by atoms with Crippen LogP contribution in [0.1, 0.15) is 26.3 Å². The van der Waals surface area contributed by atoms with Crippen LogP contribution >= 0.6 is 23.2 Å². The van der Waals surface area contributed by atoms with Gasteiger partial charge in [-0.05, 0) is 55.8 Å². The molecule has 11 heteroatoms. The molecule has 0 aromatic heterocycles. The molecule has 0 bridgehead atoms. The summed E-state index contributed by atoms with van der Waals surface area (Å²) in [5.41, 5.74) is 8.10. The van der Waals surface area contributed by atoms with Gasteiger partial charge in [-0.2, -0.15) is 0 Å². The topological polar surface area (TPSA) is 138 Å². The Morgan fingerprint density at radius 2 is 1.85 bits per heavy atom. The molecule has 0 aliphatic heterocycles. The van der Waals surface area contributed by atoms with Crippen molar-refractivity contribution in [1.29, 1.82) is 0 Å². The molecule has 1 aromatic carbocycles. The summed E-state index contributed by atoms with van der Waals surface area (Å²) in [6.45, 7) is 6.73. The molecule has 0 fully saturated rings. The monoisotopic (exact) mass is 514 g/mol. The smallest absolute Gasteiger partial charge is 0.275 e. The molecule has 0 saturated carbocycles. The molecule has 0 saturated heterocycles. The van der Waals surface area contributed by atoms with Gasteiger partial charge in [0, 0.05) is 6.54 Å². The summed E-state index contributed by atoms with van der Waals surface area (Å²) in [6.07, 6.45) is 1.89. The van der Waals surface area contributed by atoms with Crippen molar-refractivity contribution in [1.82, 2.24) is 10.6 Å². The Labute approximate surface area is 209 Å². The second-order valence-corrected chi connectivity index (χ2v) is 8.11. The van der Waals surface area contributed by atoms with Gasteiger partial charge in [0.1, 0.15) is 24.4 Å². The molecular formula is C23H32Cl2N4O5. The molecule has 0 aliphatic carbocycles. The summed E-state index contributed by atoms with van der Waals surface area (Å²) in [6, 6.07) is 5.32. The van der Waals surface area contributed by atoms with Crippen LogP contribution in [0.5, 0.6) is 0 Å². The lowest BCUT2D eigenvalue weighted by molar-refractivity contribution is -0.114. The van der Waals surface area contributed by atoms with Crippen LogP contribution in [0.15, 0.2) is 58.4 Å². The Hall–Kier alpha value is -2.72. The molecule has 0 heterocycles. The molecule has 0 unspecified atom stereocenters. The third-order valence-electron chi connectivity index (χ3n) is 4.31. The number of aliphatic hydroxyl groups excluding tert-OH is 2. The van der Waals surface area contributed by atoms with Crippen molar-refractivity contribution in [2.24, 2.45) is 10.7 Å². The Kier molecular flexibility index (Phi) is 13.8. The number of halogens is 2. The fourth-order valence-electron chi connectivity index (χ4n) is 2.47. The predicted molar refractivity (Wildman–Crippen MR) is 135 cm³/mol. The van der Waals surface area contributed by atoms with Gasteiger partial charge < -0.3 is 36.1 Å². The molecule has 1 amide bonds. The van der Waals surface area contributed by atoms with Gasteiger partial charge >= 0.3 is 0 Å². The number of aliphatic hydroxyl groups is 2. The first-order valence-electron chi connectivity index (χ1n) is 10.5. The van der Waals surface area contributed by atoms with Crippen LogP contribution in [0, 0.1) is 0 Å². The molecule has 1 aromatic rings. The third-order valence-corrected chi connectivity index (χ3v) is 5.05. The van der Waals surface area contributed by atoms with Gasteiger partial charge in [-0.25, -0.2) is 0 Å². The number of amides is 1. The largest absolute Gasteiger partial charge is 0.512 e. The summed E-state index contributed by atoms with van der Waals surface area (Å²) >= 11 is 12.0. The van der Waals surface area contributed by atoms with E-state index in [0.29, 0.717) is 34.2 Å². The van der Waals surface area contributed by atoms with E-state index in [1.807, 2.05) is 19.9 Å². The maximum atomic E-state index is 12.9. The van der Waals surface area contributed by atoms with Crippen molar-refractivity contribution in [3.8, 4) is 0 Å². The number of ether oxygens (including phenoxy) is 2. The van der Waals surface area contributed by atoms with Crippen molar-refractivity contribution >= 4 is 34.8 Å². The average molecular weight is 515 g/mol. The number of nitrogens with zero attached hydrogens (tertiary/aromatic N) is 1. The van der Waals surface area contributed by atoms with Crippen molar-refractivity contribution in [3.05, 3.63) is 69.0 Å². The van der Waals surface area contributed by atoms with Crippen molar-refractivity contribution in [3.63, 3.8) is 0 Å². The van der Waals surface area contributed by atoms with Crippen LogP contribution < -0.4 is 16.4 Å². The number of aliphatic imine (C=N–C) groups is 1. The molecule has 0 radical (unpaired) electrons. The number of rotatable bonds is 14. The first-order chi connectivity index (χ1) is 16.2. The van der Waals surface area contributed by atoms with E-state index in [0.717, 1.165) is 11.1 Å². The van der Waals surface area contributed by atoms with Gasteiger partial charge in [0.15, 0.2) is 5.76 Å². The Bertz CT molecular complexity index is 941. The fourth-order valence-corrected chi connectivity index (χ4v) is 2.79. The van der Waals surface area contributed by atoms with Gasteiger partial charge in [0.05, 0.1) is 36.4 Å². The fraction of sp³-hybridized carbons (Fsp3) is 0.391. The second kappa shape index (κ2) is 16.0. The summed E-state index contributed by atoms with van der Waals surface area (Å²) in [5, 5.41) is 24.6. The molecule has 9 nitrogen and oxygen atoms in total. The second-order valence-electron chi connectivity index (χ2n) is 7.30. The lowest BCUT2D eigenvalue weighted by Crippen LogP contribution is -2.37. The summed E-state index contributed by atoms with van der Waals surface area (Å²) < 4.78 is 10.5. The van der Waals surface area contributed by atoms with Crippen LogP contribution in [-0.2, 0) is 20.8 Å². The summed E-state index contributed by atoms with van der Waals surface area (Å²) in [4.78, 5) is 17.2. The van der Waals surface area contributed by atoms with Crippen LogP contribution in [-0.4, -0.2) is 54.8 Å². The molecular weight excluding hydrogens is 483 g/mol. The lowest BCUT2D eigenvalue weighted by Gasteiger charge is -2.16. The highest BCUT2D eigenvalue weighted by molar-refractivity contribution is 6.45. The highest BCUT2D eigenvalue weighted by Gasteiger charge is 2.15. The van der Waals surface area contributed by atoms with Crippen molar-refractivity contribution in [2.45, 2.75) is 27.3 Å². The zero-order valence-electron chi connectivity index (χ0n) is 19.5. The van der Waals surface area contributed by atoms with Crippen LogP contribution in [0.25, 0.3) is 0 Å². The van der Waals surface area contributed by atoms with Crippen LogP contribution in [0.4, 0.5) is 0 Å². The Balaban J connectivity index is 2.66. The quantitative estimate of drug-likeness (QED) is 0.145. The van der Waals surface area contributed by atoms with E-state index in [2.05, 4.69) is 15.6 Å². The SMILES string of the molecule is CC(C)=C(NCc1ccc(Cl)c(Cl)c1)NC(=O)C(=NCCOCCOCC(O)=CO)/C(C)=C\N. The normalized spacial score (nSPS) is 12.4. The van der Waals surface area contributed by atoms with Crippen molar-refractivity contribution < 1.29 is 24.5 Å². The van der Waals surface area contributed by atoms with Gasteiger partial charge in [0.25, 0.3) is 5.91 Å². The number of hydrogen-bond acceptors (Lipinski definition) is 8. The predicted octanol–water partition coefficient (Wildman–Crippen LogP) is 3.74. The van der Waals surface area contributed by atoms with Gasteiger partial charge in [-0.15, -0.1) is 0 Å². The standard InChI is InChI=1S/C23H32Cl2N4O5/c1-15(2)22(28-12-17-4-5-19(24)20(25)10-17)29-23(32)21(16(3)11-26)27-6-7-33-8-9-34-14-18(31)13-30/h4-5,10-11,13,28,30-31H,6-9,12,14,26H2,1-3H3,(H,29,32)/b16-11-,18-13?,27-21?. The number of allylic oxidation sites excluding steroid dienone is 1. The summed E-state index contributed by atoms with van der Waals surface area (Å²) in [7, 11) is 0. The maximum absolute atomic E-state index is 12.9. The first kappa shape index (κ1) is 29.3. The molecule has 188 valence electrons. The highest BCUT2D eigenvalue weighted by Crippen LogP contribution is 2.22. The molecule has 0 atom stereocenters. The van der Waals surface area contributed by atoms with Crippen LogP contribution in [0.3, 0.4) is 0 Å². The first-order valence-corrected chi connectivity index (χ1v) is 11.2. The van der Waals surface area contributed by atoms with E-state index in [1.54, 1.807) is 19.1 Å². The minimum absolute atomic E-state index is 0.103. The van der Waals surface area contributed by atoms with Crippen LogP contribution in [0.2, 0.25) is 10.0 Å². The van der Waals surface area contributed by atoms with Gasteiger partial charge in [-0.1, -0.05) is 29.3 Å². The molecule has 6 N–H and O–H groups in total. The minimum atomic E-state index is -0.411. The number of carbonyl (C=O) groups excluding carboxylic acids is 1. The van der Waals surface area contributed by atoms with E-state index in [1.165, 1.54) is 6.20 Å². The zero-order valence-corrected chi connectivity index (χ0v) is 21.0. The molecule has 1 rings (SSSR count). The van der Waals surface area contributed by atoms with E-state index in [4.69, 9.17) is 48.6 Å². The highest BCUT2D eigenvalue weighted by atomic mass is 35.5. The van der Waals surface area contributed by atoms with Crippen molar-refractivity contribution in [2.75, 3.05) is 33.0 Å². The number of nitrogens with one attached hydrogen (secondary N) is 2. The molecule has 34 heavy (non-hydrogen) atoms. The Morgan fingerprint density at radius 1 is 1.15 bits per heavy atom. The summed E-state index contributed by atoms with van der Waals surface area (Å²) in [5.74, 6) is -0.139. The average Bonchev–Trinajstić information content (AvgIpc) is 2.81. The number of hydrogen-bond donors (Lipinski definition) is 5. The van der Waals surface area contributed by atoms with E-state index in [-0.39, 0.29) is 44.4 Å². The number of nitrogens with two attached hydrogens (primary N) is 1. The number of benzene rings is 1. The minimum Gasteiger partial charge on any atom is -0.512 e. The van der Waals surface area contributed by atoms with Gasteiger partial charge in [-0.3, -0.25) is 9.79 Å². The van der Waals surface area contributed by atoms with E-state index >= 15 is 0 Å². The van der Waals surface area contributed by atoms with E-state index < -0.39 is 5.91 Å². The number of carbonyl (C=O) groups is 1. The zero-order chi connectivity index (χ0) is 25.5. The van der Waals surface area contributed by atoms with E-state index in [9.17, 15) is 4.79 Å². The maximum Gasteiger partial charge on any atom is 0.275 e. The Morgan fingerprint density at radius 3 is 2.47 bits per heavy atom. The molecule has 0 spiro atoms. The van der Waals surface area contributed by atoms with Gasteiger partial charge in [0.2, 0.25) is 0 Å². The third kappa shape index (κ3) is 10.9.